The van der Waals surface area contributed by atoms with Gasteiger partial charge in [-0.15, -0.1) is 0 Å². The molecule has 25 heavy (non-hydrogen) atoms. The first-order valence-electron chi connectivity index (χ1n) is 7.61. The van der Waals surface area contributed by atoms with E-state index in [4.69, 9.17) is 17.0 Å². The number of methoxy groups -OCH3 is 1. The number of ether oxygens (including phenoxy) is 1. The van der Waals surface area contributed by atoms with E-state index in [9.17, 15) is 4.79 Å². The van der Waals surface area contributed by atoms with Gasteiger partial charge in [0, 0.05) is 10.2 Å². The van der Waals surface area contributed by atoms with Gasteiger partial charge in [0.15, 0.2) is 5.11 Å². The number of para-hydroxylation sites is 1. The molecule has 132 valence electrons. The highest BCUT2D eigenvalue weighted by molar-refractivity contribution is 9.11. The third-order valence-corrected chi connectivity index (χ3v) is 4.91. The van der Waals surface area contributed by atoms with Gasteiger partial charge in [-0.3, -0.25) is 10.1 Å². The van der Waals surface area contributed by atoms with Crippen LogP contribution in [0, 0.1) is 6.92 Å². The van der Waals surface area contributed by atoms with Crippen molar-refractivity contribution in [2.45, 2.75) is 20.3 Å². The van der Waals surface area contributed by atoms with Crippen LogP contribution in [0.2, 0.25) is 0 Å². The number of carbonyl (C=O) groups excluding carboxylic acids is 1. The van der Waals surface area contributed by atoms with Gasteiger partial charge in [-0.2, -0.15) is 0 Å². The van der Waals surface area contributed by atoms with Gasteiger partial charge >= 0.3 is 0 Å². The number of amides is 1. The Kier molecular flexibility index (Phi) is 6.98. The molecule has 0 aliphatic heterocycles. The smallest absolute Gasteiger partial charge is 0.261 e. The Bertz CT molecular complexity index is 825. The fourth-order valence-electron chi connectivity index (χ4n) is 2.45. The van der Waals surface area contributed by atoms with E-state index < -0.39 is 0 Å². The summed E-state index contributed by atoms with van der Waals surface area (Å²) in [6.07, 6.45) is 0.868. The van der Waals surface area contributed by atoms with E-state index in [1.165, 1.54) is 7.11 Å². The maximum Gasteiger partial charge on any atom is 0.261 e. The van der Waals surface area contributed by atoms with Crippen molar-refractivity contribution < 1.29 is 9.53 Å². The first kappa shape index (κ1) is 19.9. The molecule has 2 rings (SSSR count). The molecule has 1 amide bonds. The van der Waals surface area contributed by atoms with Gasteiger partial charge in [0.2, 0.25) is 0 Å². The number of hydrogen-bond acceptors (Lipinski definition) is 3. The van der Waals surface area contributed by atoms with E-state index in [0.717, 1.165) is 27.7 Å². The number of halogens is 2. The number of aryl methyl sites for hydroxylation is 2. The Hall–Kier alpha value is -1.44. The highest BCUT2D eigenvalue weighted by atomic mass is 79.9. The zero-order valence-electron chi connectivity index (χ0n) is 14.1. The van der Waals surface area contributed by atoms with Crippen molar-refractivity contribution >= 4 is 60.8 Å². The maximum atomic E-state index is 12.6. The summed E-state index contributed by atoms with van der Waals surface area (Å²) in [5.74, 6) is 0.108. The highest BCUT2D eigenvalue weighted by Crippen LogP contribution is 2.32. The molecule has 0 aromatic heterocycles. The van der Waals surface area contributed by atoms with Crippen molar-refractivity contribution in [1.29, 1.82) is 0 Å². The average Bonchev–Trinajstić information content (AvgIpc) is 2.55. The molecule has 0 aliphatic carbocycles. The number of hydrogen-bond donors (Lipinski definition) is 2. The van der Waals surface area contributed by atoms with E-state index in [1.807, 2.05) is 31.2 Å². The van der Waals surface area contributed by atoms with E-state index >= 15 is 0 Å². The molecule has 0 atom stereocenters. The van der Waals surface area contributed by atoms with Gasteiger partial charge in [0.1, 0.15) is 5.75 Å². The molecule has 2 aromatic carbocycles. The minimum absolute atomic E-state index is 0.243. The molecule has 0 heterocycles. The molecular weight excluding hydrogens is 468 g/mol. The SMILES string of the molecule is CCc1cccc(C)c1NC(=S)NC(=O)c1cc(Br)cc(Br)c1OC. The molecule has 2 N–H and O–H groups in total. The fraction of sp³-hybridized carbons (Fsp3) is 0.222. The first-order chi connectivity index (χ1) is 11.9. The summed E-state index contributed by atoms with van der Waals surface area (Å²) >= 11 is 12.1. The Morgan fingerprint density at radius 1 is 1.28 bits per heavy atom. The number of thiocarbonyl (C=S) groups is 1. The second-order valence-electron chi connectivity index (χ2n) is 5.34. The molecule has 7 heteroatoms. The first-order valence-corrected chi connectivity index (χ1v) is 9.60. The molecule has 0 saturated carbocycles. The lowest BCUT2D eigenvalue weighted by atomic mass is 10.1. The Balaban J connectivity index is 2.21. The van der Waals surface area contributed by atoms with Crippen LogP contribution in [-0.4, -0.2) is 18.1 Å². The van der Waals surface area contributed by atoms with E-state index in [0.29, 0.717) is 15.8 Å². The van der Waals surface area contributed by atoms with Gasteiger partial charge in [-0.1, -0.05) is 41.1 Å². The topological polar surface area (TPSA) is 50.4 Å². The molecule has 0 bridgehead atoms. The summed E-state index contributed by atoms with van der Waals surface area (Å²) in [4.78, 5) is 12.6. The maximum absolute atomic E-state index is 12.6. The van der Waals surface area contributed by atoms with Crippen LogP contribution in [0.5, 0.6) is 5.75 Å². The number of anilines is 1. The number of nitrogens with one attached hydrogen (secondary N) is 2. The lowest BCUT2D eigenvalue weighted by Crippen LogP contribution is -2.34. The van der Waals surface area contributed by atoms with Gasteiger partial charge in [0.25, 0.3) is 5.91 Å². The molecule has 2 aromatic rings. The summed E-state index contributed by atoms with van der Waals surface area (Å²) < 4.78 is 6.76. The normalized spacial score (nSPS) is 10.3. The predicted octanol–water partition coefficient (Wildman–Crippen LogP) is 5.22. The Labute approximate surface area is 169 Å². The Morgan fingerprint density at radius 2 is 2.00 bits per heavy atom. The van der Waals surface area contributed by atoms with Crippen molar-refractivity contribution in [1.82, 2.24) is 5.32 Å². The zero-order chi connectivity index (χ0) is 18.6. The number of benzene rings is 2. The third kappa shape index (κ3) is 4.80. The number of rotatable bonds is 4. The summed E-state index contributed by atoms with van der Waals surface area (Å²) in [6, 6.07) is 9.54. The minimum atomic E-state index is -0.344. The van der Waals surface area contributed by atoms with Crippen LogP contribution < -0.4 is 15.4 Å². The van der Waals surface area contributed by atoms with Gasteiger partial charge in [-0.05, 0) is 64.8 Å². The molecule has 0 aliphatic rings. The van der Waals surface area contributed by atoms with E-state index in [1.54, 1.807) is 6.07 Å². The van der Waals surface area contributed by atoms with E-state index in [2.05, 4.69) is 49.4 Å². The van der Waals surface area contributed by atoms with Crippen molar-refractivity contribution in [3.63, 3.8) is 0 Å². The van der Waals surface area contributed by atoms with E-state index in [-0.39, 0.29) is 11.0 Å². The molecule has 0 unspecified atom stereocenters. The Morgan fingerprint density at radius 3 is 2.64 bits per heavy atom. The highest BCUT2D eigenvalue weighted by Gasteiger charge is 2.18. The van der Waals surface area contributed by atoms with Crippen LogP contribution in [0.4, 0.5) is 5.69 Å². The van der Waals surface area contributed by atoms with Crippen LogP contribution in [0.1, 0.15) is 28.4 Å². The van der Waals surface area contributed by atoms with Crippen LogP contribution >= 0.6 is 44.1 Å². The van der Waals surface area contributed by atoms with Crippen molar-refractivity contribution in [2.24, 2.45) is 0 Å². The summed E-state index contributed by atoms with van der Waals surface area (Å²) in [5, 5.41) is 6.09. The lowest BCUT2D eigenvalue weighted by molar-refractivity contribution is 0.0974. The van der Waals surface area contributed by atoms with Gasteiger partial charge in [-0.25, -0.2) is 0 Å². The molecule has 0 saturated heterocycles. The van der Waals surface area contributed by atoms with Crippen LogP contribution in [0.15, 0.2) is 39.3 Å². The second-order valence-corrected chi connectivity index (χ2v) is 7.52. The van der Waals surface area contributed by atoms with Crippen LogP contribution in [0.3, 0.4) is 0 Å². The largest absolute Gasteiger partial charge is 0.495 e. The standard InChI is InChI=1S/C18H18Br2N2O2S/c1-4-11-7-5-6-10(2)15(11)21-18(25)22-17(23)13-8-12(19)9-14(20)16(13)24-3/h5-9H,4H2,1-3H3,(H2,21,22,23,25). The monoisotopic (exact) mass is 484 g/mol. The second kappa shape index (κ2) is 8.78. The molecule has 4 nitrogen and oxygen atoms in total. The summed E-state index contributed by atoms with van der Waals surface area (Å²) in [7, 11) is 1.52. The average molecular weight is 486 g/mol. The van der Waals surface area contributed by atoms with Crippen LogP contribution in [0.25, 0.3) is 0 Å². The summed E-state index contributed by atoms with van der Waals surface area (Å²) in [6.45, 7) is 4.08. The predicted molar refractivity (Wildman–Crippen MR) is 113 cm³/mol. The molecular formula is C18H18Br2N2O2S. The quantitative estimate of drug-likeness (QED) is 0.583. The lowest BCUT2D eigenvalue weighted by Gasteiger charge is -2.16. The minimum Gasteiger partial charge on any atom is -0.495 e. The van der Waals surface area contributed by atoms with Crippen molar-refractivity contribution in [3.05, 3.63) is 56.0 Å². The third-order valence-electron chi connectivity index (χ3n) is 3.66. The summed E-state index contributed by atoms with van der Waals surface area (Å²) in [5.41, 5.74) is 3.52. The fourth-order valence-corrected chi connectivity index (χ4v) is 4.04. The molecule has 0 spiro atoms. The van der Waals surface area contributed by atoms with Gasteiger partial charge < -0.3 is 10.1 Å². The van der Waals surface area contributed by atoms with Gasteiger partial charge in [0.05, 0.1) is 17.1 Å². The van der Waals surface area contributed by atoms with Crippen molar-refractivity contribution in [3.8, 4) is 5.75 Å². The number of carbonyl (C=O) groups is 1. The van der Waals surface area contributed by atoms with Crippen molar-refractivity contribution in [2.75, 3.05) is 12.4 Å². The zero-order valence-corrected chi connectivity index (χ0v) is 18.1. The molecule has 0 radical (unpaired) electrons. The molecule has 0 fully saturated rings. The van der Waals surface area contributed by atoms with Crippen LogP contribution in [-0.2, 0) is 6.42 Å².